The molecule has 1 aromatic carbocycles. The largest absolute Gasteiger partial charge is 0.462 e. The Labute approximate surface area is 158 Å². The number of quaternary nitrogens is 1. The fraction of sp³-hybridized carbons (Fsp3) is 0.400. The summed E-state index contributed by atoms with van der Waals surface area (Å²) < 4.78 is 5.22. The molecule has 1 amide bonds. The number of esters is 1. The van der Waals surface area contributed by atoms with Crippen LogP contribution in [0.15, 0.2) is 30.3 Å². The maximum absolute atomic E-state index is 12.5. The zero-order chi connectivity index (χ0) is 18.5. The van der Waals surface area contributed by atoms with Gasteiger partial charge in [0.15, 0.2) is 6.54 Å². The molecule has 0 aliphatic carbocycles. The maximum atomic E-state index is 12.5. The zero-order valence-electron chi connectivity index (χ0n) is 15.3. The summed E-state index contributed by atoms with van der Waals surface area (Å²) in [5, 5.41) is 3.55. The van der Waals surface area contributed by atoms with Crippen molar-refractivity contribution in [2.24, 2.45) is 0 Å². The molecule has 6 heteroatoms. The molecule has 0 radical (unpaired) electrons. The van der Waals surface area contributed by atoms with Gasteiger partial charge in [-0.15, -0.1) is 11.3 Å². The third-order valence-corrected chi connectivity index (χ3v) is 5.89. The van der Waals surface area contributed by atoms with Crippen LogP contribution in [0.5, 0.6) is 0 Å². The highest BCUT2D eigenvalue weighted by Crippen LogP contribution is 2.40. The minimum Gasteiger partial charge on any atom is -0.462 e. The lowest BCUT2D eigenvalue weighted by atomic mass is 10.1. The summed E-state index contributed by atoms with van der Waals surface area (Å²) in [6.45, 7) is 6.52. The Hall–Kier alpha value is -2.18. The quantitative estimate of drug-likeness (QED) is 0.765. The number of benzene rings is 1. The number of anilines is 1. The van der Waals surface area contributed by atoms with Gasteiger partial charge in [-0.3, -0.25) is 4.79 Å². The average Bonchev–Trinajstić information content (AvgIpc) is 3.24. The van der Waals surface area contributed by atoms with Gasteiger partial charge < -0.3 is 15.0 Å². The van der Waals surface area contributed by atoms with Crippen molar-refractivity contribution < 1.29 is 19.2 Å². The van der Waals surface area contributed by atoms with Gasteiger partial charge in [-0.25, -0.2) is 4.79 Å². The van der Waals surface area contributed by atoms with Crippen LogP contribution < -0.4 is 10.2 Å². The SMILES string of the molecule is CCOC(=O)c1c(NC(=O)C[NH+]2CCCC2)sc(-c2ccccc2)c1C. The van der Waals surface area contributed by atoms with Gasteiger partial charge in [0, 0.05) is 17.7 Å². The molecule has 1 aliphatic heterocycles. The number of hydrogen-bond donors (Lipinski definition) is 2. The second kappa shape index (κ2) is 8.47. The van der Waals surface area contributed by atoms with Gasteiger partial charge in [0.05, 0.1) is 25.3 Å². The predicted octanol–water partition coefficient (Wildman–Crippen LogP) is 2.52. The summed E-state index contributed by atoms with van der Waals surface area (Å²) in [4.78, 5) is 27.3. The first-order valence-electron chi connectivity index (χ1n) is 9.09. The number of amides is 1. The standard InChI is InChI=1S/C20H24N2O3S/c1-3-25-20(24)17-14(2)18(15-9-5-4-6-10-15)26-19(17)21-16(23)13-22-11-7-8-12-22/h4-6,9-10H,3,7-8,11-13H2,1-2H3,(H,21,23)/p+1. The molecule has 1 fully saturated rings. The summed E-state index contributed by atoms with van der Waals surface area (Å²) in [5.41, 5.74) is 2.36. The summed E-state index contributed by atoms with van der Waals surface area (Å²) in [6.07, 6.45) is 2.35. The van der Waals surface area contributed by atoms with Crippen LogP contribution in [0.4, 0.5) is 5.00 Å². The predicted molar refractivity (Wildman–Crippen MR) is 104 cm³/mol. The number of likely N-dealkylation sites (tertiary alicyclic amines) is 1. The summed E-state index contributed by atoms with van der Waals surface area (Å²) in [5.74, 6) is -0.430. The van der Waals surface area contributed by atoms with Crippen molar-refractivity contribution in [3.8, 4) is 10.4 Å². The lowest BCUT2D eigenvalue weighted by Crippen LogP contribution is -3.11. The molecule has 3 rings (SSSR count). The lowest BCUT2D eigenvalue weighted by Gasteiger charge is -2.12. The lowest BCUT2D eigenvalue weighted by molar-refractivity contribution is -0.878. The van der Waals surface area contributed by atoms with E-state index >= 15 is 0 Å². The first-order chi connectivity index (χ1) is 12.6. The molecular weight excluding hydrogens is 348 g/mol. The van der Waals surface area contributed by atoms with Crippen molar-refractivity contribution in [1.29, 1.82) is 0 Å². The molecule has 1 saturated heterocycles. The molecule has 0 saturated carbocycles. The Kier molecular flexibility index (Phi) is 6.06. The van der Waals surface area contributed by atoms with Crippen LogP contribution in [0.1, 0.15) is 35.7 Å². The summed E-state index contributed by atoms with van der Waals surface area (Å²) >= 11 is 1.44. The molecule has 26 heavy (non-hydrogen) atoms. The molecule has 2 N–H and O–H groups in total. The molecule has 0 spiro atoms. The van der Waals surface area contributed by atoms with E-state index in [2.05, 4.69) is 5.32 Å². The van der Waals surface area contributed by atoms with Crippen LogP contribution in [-0.2, 0) is 9.53 Å². The molecule has 0 unspecified atom stereocenters. The first-order valence-corrected chi connectivity index (χ1v) is 9.91. The van der Waals surface area contributed by atoms with E-state index in [0.717, 1.165) is 29.1 Å². The van der Waals surface area contributed by atoms with E-state index in [4.69, 9.17) is 4.74 Å². The van der Waals surface area contributed by atoms with Gasteiger partial charge in [0.1, 0.15) is 5.00 Å². The van der Waals surface area contributed by atoms with E-state index < -0.39 is 0 Å². The molecule has 138 valence electrons. The smallest absolute Gasteiger partial charge is 0.341 e. The van der Waals surface area contributed by atoms with Crippen LogP contribution in [0, 0.1) is 6.92 Å². The maximum Gasteiger partial charge on any atom is 0.341 e. The van der Waals surface area contributed by atoms with Crippen LogP contribution in [0.3, 0.4) is 0 Å². The molecule has 5 nitrogen and oxygen atoms in total. The van der Waals surface area contributed by atoms with Crippen molar-refractivity contribution in [2.75, 3.05) is 31.6 Å². The second-order valence-corrected chi connectivity index (χ2v) is 7.55. The van der Waals surface area contributed by atoms with Gasteiger partial charge in [-0.1, -0.05) is 30.3 Å². The number of carbonyl (C=O) groups is 2. The van der Waals surface area contributed by atoms with Crippen molar-refractivity contribution in [3.05, 3.63) is 41.5 Å². The second-order valence-electron chi connectivity index (χ2n) is 6.53. The van der Waals surface area contributed by atoms with Crippen LogP contribution in [-0.4, -0.2) is 38.1 Å². The highest BCUT2D eigenvalue weighted by atomic mass is 32.1. The normalized spacial score (nSPS) is 14.4. The Bertz CT molecular complexity index is 780. The van der Waals surface area contributed by atoms with Gasteiger partial charge in [-0.2, -0.15) is 0 Å². The van der Waals surface area contributed by atoms with Crippen LogP contribution >= 0.6 is 11.3 Å². The molecule has 0 bridgehead atoms. The van der Waals surface area contributed by atoms with Crippen molar-refractivity contribution in [1.82, 2.24) is 0 Å². The Balaban J connectivity index is 1.89. The van der Waals surface area contributed by atoms with Crippen LogP contribution in [0.2, 0.25) is 0 Å². The van der Waals surface area contributed by atoms with E-state index in [1.54, 1.807) is 6.92 Å². The number of carbonyl (C=O) groups excluding carboxylic acids is 2. The monoisotopic (exact) mass is 373 g/mol. The fourth-order valence-electron chi connectivity index (χ4n) is 3.37. The van der Waals surface area contributed by atoms with E-state index in [9.17, 15) is 9.59 Å². The summed E-state index contributed by atoms with van der Waals surface area (Å²) in [6, 6.07) is 9.91. The zero-order valence-corrected chi connectivity index (χ0v) is 16.1. The number of nitrogens with one attached hydrogen (secondary N) is 2. The van der Waals surface area contributed by atoms with E-state index in [0.29, 0.717) is 23.7 Å². The topological polar surface area (TPSA) is 59.8 Å². The van der Waals surface area contributed by atoms with E-state index in [1.807, 2.05) is 37.3 Å². The van der Waals surface area contributed by atoms with Gasteiger partial charge in [0.25, 0.3) is 5.91 Å². The third kappa shape index (κ3) is 4.14. The van der Waals surface area contributed by atoms with Crippen molar-refractivity contribution in [2.45, 2.75) is 26.7 Å². The molecular formula is C20H25N2O3S+. The van der Waals surface area contributed by atoms with Gasteiger partial charge in [-0.05, 0) is 25.0 Å². The van der Waals surface area contributed by atoms with Crippen molar-refractivity contribution in [3.63, 3.8) is 0 Å². The summed E-state index contributed by atoms with van der Waals surface area (Å²) in [7, 11) is 0. The molecule has 2 heterocycles. The van der Waals surface area contributed by atoms with Crippen molar-refractivity contribution >= 4 is 28.2 Å². The molecule has 0 atom stereocenters. The van der Waals surface area contributed by atoms with Gasteiger partial charge in [0.2, 0.25) is 0 Å². The Morgan fingerprint density at radius 3 is 2.54 bits per heavy atom. The minimum atomic E-state index is -0.382. The molecule has 1 aliphatic rings. The number of rotatable bonds is 6. The number of thiophene rings is 1. The third-order valence-electron chi connectivity index (χ3n) is 4.64. The van der Waals surface area contributed by atoms with E-state index in [-0.39, 0.29) is 11.9 Å². The highest BCUT2D eigenvalue weighted by Gasteiger charge is 2.26. The van der Waals surface area contributed by atoms with Crippen LogP contribution in [0.25, 0.3) is 10.4 Å². The Morgan fingerprint density at radius 1 is 1.19 bits per heavy atom. The van der Waals surface area contributed by atoms with Gasteiger partial charge >= 0.3 is 5.97 Å². The molecule has 2 aromatic rings. The minimum absolute atomic E-state index is 0.0479. The fourth-order valence-corrected chi connectivity index (χ4v) is 4.58. The highest BCUT2D eigenvalue weighted by molar-refractivity contribution is 7.20. The first kappa shape index (κ1) is 18.6. The number of ether oxygens (including phenoxy) is 1. The molecule has 1 aromatic heterocycles. The number of hydrogen-bond acceptors (Lipinski definition) is 4. The van der Waals surface area contributed by atoms with E-state index in [1.165, 1.54) is 29.1 Å². The Morgan fingerprint density at radius 2 is 1.88 bits per heavy atom. The average molecular weight is 373 g/mol.